The van der Waals surface area contributed by atoms with Crippen molar-refractivity contribution in [3.8, 4) is 0 Å². The lowest BCUT2D eigenvalue weighted by Crippen LogP contribution is -2.04. The van der Waals surface area contributed by atoms with E-state index in [9.17, 15) is 9.18 Å². The molecule has 110 valence electrons. The van der Waals surface area contributed by atoms with Crippen LogP contribution in [-0.4, -0.2) is 11.1 Å². The minimum absolute atomic E-state index is 0.303. The Morgan fingerprint density at radius 1 is 1.14 bits per heavy atom. The van der Waals surface area contributed by atoms with Gasteiger partial charge in [-0.15, -0.1) is 0 Å². The number of carboxylic acid groups (broad SMARTS) is 1. The molecule has 0 fully saturated rings. The Morgan fingerprint density at radius 3 is 2.38 bits per heavy atom. The highest BCUT2D eigenvalue weighted by Gasteiger charge is 2.10. The lowest BCUT2D eigenvalue weighted by atomic mass is 10.1. The lowest BCUT2D eigenvalue weighted by molar-refractivity contribution is 0.0692. The standard InChI is InChI=1S/C17H18FNO2/c1-2-3-12-4-7-14(8-5-12)19-11-13-6-9-15(17(20)21)16(18)10-13/h4-10,19H,2-3,11H2,1H3,(H,20,21). The maximum atomic E-state index is 13.6. The van der Waals surface area contributed by atoms with Crippen LogP contribution in [0.3, 0.4) is 0 Å². The molecule has 0 aromatic heterocycles. The second-order valence-corrected chi connectivity index (χ2v) is 4.92. The Hall–Kier alpha value is -2.36. The lowest BCUT2D eigenvalue weighted by Gasteiger charge is -2.08. The number of carbonyl (C=O) groups is 1. The van der Waals surface area contributed by atoms with E-state index in [0.717, 1.165) is 18.5 Å². The summed E-state index contributed by atoms with van der Waals surface area (Å²) in [7, 11) is 0. The smallest absolute Gasteiger partial charge is 0.338 e. The molecule has 0 saturated heterocycles. The molecule has 0 bridgehead atoms. The molecule has 0 unspecified atom stereocenters. The molecule has 0 aliphatic rings. The molecule has 0 heterocycles. The zero-order chi connectivity index (χ0) is 15.2. The van der Waals surface area contributed by atoms with Gasteiger partial charge in [0, 0.05) is 12.2 Å². The Bertz CT molecular complexity index is 623. The predicted molar refractivity (Wildman–Crippen MR) is 81.1 cm³/mol. The van der Waals surface area contributed by atoms with Gasteiger partial charge in [-0.3, -0.25) is 0 Å². The summed E-state index contributed by atoms with van der Waals surface area (Å²) in [6, 6.07) is 12.3. The van der Waals surface area contributed by atoms with Crippen molar-refractivity contribution >= 4 is 11.7 Å². The van der Waals surface area contributed by atoms with Gasteiger partial charge in [0.05, 0.1) is 5.56 Å². The average molecular weight is 287 g/mol. The van der Waals surface area contributed by atoms with Crippen molar-refractivity contribution in [3.63, 3.8) is 0 Å². The van der Waals surface area contributed by atoms with Gasteiger partial charge in [0.25, 0.3) is 0 Å². The molecule has 0 amide bonds. The summed E-state index contributed by atoms with van der Waals surface area (Å²) in [5, 5.41) is 12.0. The zero-order valence-corrected chi connectivity index (χ0v) is 11.9. The fraction of sp³-hybridized carbons (Fsp3) is 0.235. The molecule has 0 radical (unpaired) electrons. The molecule has 0 aliphatic heterocycles. The van der Waals surface area contributed by atoms with Crippen LogP contribution in [0.5, 0.6) is 0 Å². The molecule has 2 aromatic rings. The van der Waals surface area contributed by atoms with Crippen molar-refractivity contribution in [2.24, 2.45) is 0 Å². The van der Waals surface area contributed by atoms with E-state index in [-0.39, 0.29) is 5.56 Å². The van der Waals surface area contributed by atoms with E-state index in [1.807, 2.05) is 12.1 Å². The molecule has 4 heteroatoms. The number of anilines is 1. The van der Waals surface area contributed by atoms with E-state index < -0.39 is 11.8 Å². The van der Waals surface area contributed by atoms with E-state index >= 15 is 0 Å². The monoisotopic (exact) mass is 287 g/mol. The third-order valence-corrected chi connectivity index (χ3v) is 3.25. The van der Waals surface area contributed by atoms with Gasteiger partial charge in [-0.25, -0.2) is 9.18 Å². The molecule has 0 spiro atoms. The van der Waals surface area contributed by atoms with Gasteiger partial charge in [0.2, 0.25) is 0 Å². The highest BCUT2D eigenvalue weighted by molar-refractivity contribution is 5.87. The van der Waals surface area contributed by atoms with Crippen molar-refractivity contribution in [1.29, 1.82) is 0 Å². The number of benzene rings is 2. The van der Waals surface area contributed by atoms with Gasteiger partial charge in [0.15, 0.2) is 0 Å². The second-order valence-electron chi connectivity index (χ2n) is 4.92. The first-order chi connectivity index (χ1) is 10.1. The van der Waals surface area contributed by atoms with Crippen LogP contribution < -0.4 is 5.32 Å². The fourth-order valence-corrected chi connectivity index (χ4v) is 2.12. The Labute approximate surface area is 123 Å². The molecule has 2 rings (SSSR count). The summed E-state index contributed by atoms with van der Waals surface area (Å²) in [5.41, 5.74) is 2.65. The van der Waals surface area contributed by atoms with Crippen LogP contribution in [-0.2, 0) is 13.0 Å². The number of carboxylic acids is 1. The summed E-state index contributed by atoms with van der Waals surface area (Å²) < 4.78 is 13.6. The number of rotatable bonds is 6. The van der Waals surface area contributed by atoms with Crippen molar-refractivity contribution < 1.29 is 14.3 Å². The van der Waals surface area contributed by atoms with Crippen LogP contribution >= 0.6 is 0 Å². The van der Waals surface area contributed by atoms with Gasteiger partial charge < -0.3 is 10.4 Å². The SMILES string of the molecule is CCCc1ccc(NCc2ccc(C(=O)O)c(F)c2)cc1. The highest BCUT2D eigenvalue weighted by atomic mass is 19.1. The van der Waals surface area contributed by atoms with Gasteiger partial charge in [-0.05, 0) is 41.8 Å². The average Bonchev–Trinajstić information content (AvgIpc) is 2.46. The molecule has 2 N–H and O–H groups in total. The molecular formula is C17H18FNO2. The number of hydrogen-bond donors (Lipinski definition) is 2. The molecule has 0 saturated carbocycles. The van der Waals surface area contributed by atoms with E-state index in [1.54, 1.807) is 6.07 Å². The van der Waals surface area contributed by atoms with E-state index in [4.69, 9.17) is 5.11 Å². The number of hydrogen-bond acceptors (Lipinski definition) is 2. The van der Waals surface area contributed by atoms with Gasteiger partial charge in [-0.1, -0.05) is 31.5 Å². The molecule has 3 nitrogen and oxygen atoms in total. The first kappa shape index (κ1) is 15.0. The summed E-state index contributed by atoms with van der Waals surface area (Å²) in [4.78, 5) is 10.7. The number of halogens is 1. The Morgan fingerprint density at radius 2 is 1.81 bits per heavy atom. The zero-order valence-electron chi connectivity index (χ0n) is 11.9. The van der Waals surface area contributed by atoms with Crippen LogP contribution in [0.4, 0.5) is 10.1 Å². The van der Waals surface area contributed by atoms with Crippen LogP contribution in [0.1, 0.15) is 34.8 Å². The molecule has 21 heavy (non-hydrogen) atoms. The first-order valence-electron chi connectivity index (χ1n) is 6.94. The summed E-state index contributed by atoms with van der Waals surface area (Å²) in [6.07, 6.45) is 2.17. The van der Waals surface area contributed by atoms with Crippen molar-refractivity contribution in [3.05, 3.63) is 65.0 Å². The van der Waals surface area contributed by atoms with E-state index in [2.05, 4.69) is 24.4 Å². The normalized spacial score (nSPS) is 10.4. The minimum atomic E-state index is -1.25. The minimum Gasteiger partial charge on any atom is -0.478 e. The van der Waals surface area contributed by atoms with Gasteiger partial charge >= 0.3 is 5.97 Å². The number of aromatic carboxylic acids is 1. The first-order valence-corrected chi connectivity index (χ1v) is 6.94. The van der Waals surface area contributed by atoms with Crippen LogP contribution in [0.15, 0.2) is 42.5 Å². The predicted octanol–water partition coefficient (Wildman–Crippen LogP) is 4.09. The largest absolute Gasteiger partial charge is 0.478 e. The highest BCUT2D eigenvalue weighted by Crippen LogP contribution is 2.14. The van der Waals surface area contributed by atoms with Crippen LogP contribution in [0.25, 0.3) is 0 Å². The summed E-state index contributed by atoms with van der Waals surface area (Å²) in [5.74, 6) is -1.96. The maximum Gasteiger partial charge on any atom is 0.338 e. The van der Waals surface area contributed by atoms with Crippen LogP contribution in [0.2, 0.25) is 0 Å². The number of nitrogens with one attached hydrogen (secondary N) is 1. The van der Waals surface area contributed by atoms with Gasteiger partial charge in [0.1, 0.15) is 5.82 Å². The molecule has 0 atom stereocenters. The third kappa shape index (κ3) is 4.05. The van der Waals surface area contributed by atoms with E-state index in [0.29, 0.717) is 12.1 Å². The van der Waals surface area contributed by atoms with Gasteiger partial charge in [-0.2, -0.15) is 0 Å². The van der Waals surface area contributed by atoms with Crippen molar-refractivity contribution in [2.75, 3.05) is 5.32 Å². The third-order valence-electron chi connectivity index (χ3n) is 3.25. The molecule has 2 aromatic carbocycles. The van der Waals surface area contributed by atoms with Crippen molar-refractivity contribution in [2.45, 2.75) is 26.3 Å². The number of aryl methyl sites for hydroxylation is 1. The second kappa shape index (κ2) is 6.88. The van der Waals surface area contributed by atoms with E-state index in [1.165, 1.54) is 17.7 Å². The molecular weight excluding hydrogens is 269 g/mol. The topological polar surface area (TPSA) is 49.3 Å². The summed E-state index contributed by atoms with van der Waals surface area (Å²) >= 11 is 0. The fourth-order valence-electron chi connectivity index (χ4n) is 2.12. The Balaban J connectivity index is 1.99. The summed E-state index contributed by atoms with van der Waals surface area (Å²) in [6.45, 7) is 2.59. The maximum absolute atomic E-state index is 13.6. The Kier molecular flexibility index (Phi) is 4.93. The quantitative estimate of drug-likeness (QED) is 0.841. The van der Waals surface area contributed by atoms with Crippen molar-refractivity contribution in [1.82, 2.24) is 0 Å². The molecule has 0 aliphatic carbocycles. The van der Waals surface area contributed by atoms with Crippen LogP contribution in [0, 0.1) is 5.82 Å².